The van der Waals surface area contributed by atoms with Crippen LogP contribution in [0.3, 0.4) is 0 Å². The van der Waals surface area contributed by atoms with Crippen molar-refractivity contribution in [3.8, 4) is 0 Å². The van der Waals surface area contributed by atoms with Crippen molar-refractivity contribution in [1.82, 2.24) is 8.61 Å². The summed E-state index contributed by atoms with van der Waals surface area (Å²) in [6.45, 7) is 7.51. The Morgan fingerprint density at radius 1 is 0.643 bits per heavy atom. The van der Waals surface area contributed by atoms with Crippen LogP contribution in [-0.2, 0) is 20.0 Å². The molecule has 8 heteroatoms. The zero-order valence-corrected chi connectivity index (χ0v) is 18.2. The minimum absolute atomic E-state index is 0.114. The normalized spacial score (nSPS) is 22.3. The van der Waals surface area contributed by atoms with Gasteiger partial charge < -0.3 is 0 Å². The third-order valence-corrected chi connectivity index (χ3v) is 9.12. The van der Waals surface area contributed by atoms with Gasteiger partial charge in [0.1, 0.15) is 0 Å². The van der Waals surface area contributed by atoms with E-state index in [9.17, 15) is 16.8 Å². The first kappa shape index (κ1) is 21.0. The van der Waals surface area contributed by atoms with Crippen molar-refractivity contribution in [2.24, 2.45) is 0 Å². The van der Waals surface area contributed by atoms with Crippen LogP contribution in [-0.4, -0.2) is 50.6 Å². The molecule has 1 aliphatic heterocycles. The molecule has 2 aromatic carbocycles. The van der Waals surface area contributed by atoms with Crippen LogP contribution in [0.25, 0.3) is 0 Å². The summed E-state index contributed by atoms with van der Waals surface area (Å²) in [7, 11) is -7.38. The molecule has 28 heavy (non-hydrogen) atoms. The molecule has 0 N–H and O–H groups in total. The summed E-state index contributed by atoms with van der Waals surface area (Å²) in [5.41, 5.74) is 1.96. The standard InChI is InChI=1S/C20H26N2O4S2/c1-15-5-9-19(10-6-15)27(23,24)21-13-18(4)22(14-17(21)3)28(25,26)20-11-7-16(2)8-12-20/h5-12,17-18H,13-14H2,1-4H3. The van der Waals surface area contributed by atoms with Gasteiger partial charge in [0.15, 0.2) is 0 Å². The summed E-state index contributed by atoms with van der Waals surface area (Å²) in [4.78, 5) is 0.457. The fourth-order valence-electron chi connectivity index (χ4n) is 3.42. The Bertz CT molecular complexity index is 959. The van der Waals surface area contributed by atoms with Crippen molar-refractivity contribution in [1.29, 1.82) is 0 Å². The summed E-state index contributed by atoms with van der Waals surface area (Å²) in [6, 6.07) is 12.5. The Morgan fingerprint density at radius 3 is 1.21 bits per heavy atom. The van der Waals surface area contributed by atoms with E-state index in [4.69, 9.17) is 0 Å². The topological polar surface area (TPSA) is 74.8 Å². The number of nitrogens with zero attached hydrogens (tertiary/aromatic N) is 2. The van der Waals surface area contributed by atoms with Crippen molar-refractivity contribution >= 4 is 20.0 Å². The molecule has 152 valence electrons. The van der Waals surface area contributed by atoms with E-state index in [2.05, 4.69) is 0 Å². The first-order chi connectivity index (χ1) is 13.0. The smallest absolute Gasteiger partial charge is 0.207 e. The van der Waals surface area contributed by atoms with E-state index >= 15 is 0 Å². The average molecular weight is 423 g/mol. The maximum absolute atomic E-state index is 13.1. The van der Waals surface area contributed by atoms with Gasteiger partial charge in [-0.25, -0.2) is 16.8 Å². The molecule has 0 amide bonds. The third-order valence-electron chi connectivity index (χ3n) is 5.13. The SMILES string of the molecule is Cc1ccc(S(=O)(=O)N2CC(C)N(S(=O)(=O)c3ccc(C)cc3)CC2C)cc1. The van der Waals surface area contributed by atoms with Gasteiger partial charge in [-0.15, -0.1) is 0 Å². The highest BCUT2D eigenvalue weighted by molar-refractivity contribution is 7.89. The van der Waals surface area contributed by atoms with Crippen molar-refractivity contribution in [2.75, 3.05) is 13.1 Å². The first-order valence-electron chi connectivity index (χ1n) is 9.20. The molecule has 2 unspecified atom stereocenters. The lowest BCUT2D eigenvalue weighted by molar-refractivity contribution is 0.163. The summed E-state index contributed by atoms with van der Waals surface area (Å²) < 4.78 is 55.1. The van der Waals surface area contributed by atoms with E-state index in [1.54, 1.807) is 62.4 Å². The number of hydrogen-bond donors (Lipinski definition) is 0. The maximum atomic E-state index is 13.1. The van der Waals surface area contributed by atoms with Crippen molar-refractivity contribution < 1.29 is 16.8 Å². The van der Waals surface area contributed by atoms with Crippen LogP contribution < -0.4 is 0 Å². The van der Waals surface area contributed by atoms with Crippen LogP contribution in [0.5, 0.6) is 0 Å². The highest BCUT2D eigenvalue weighted by atomic mass is 32.2. The van der Waals surface area contributed by atoms with Crippen LogP contribution >= 0.6 is 0 Å². The van der Waals surface area contributed by atoms with Crippen molar-refractivity contribution in [3.05, 3.63) is 59.7 Å². The van der Waals surface area contributed by atoms with E-state index in [0.29, 0.717) is 0 Å². The quantitative estimate of drug-likeness (QED) is 0.759. The Morgan fingerprint density at radius 2 is 0.929 bits per heavy atom. The molecule has 0 saturated carbocycles. The summed E-state index contributed by atoms with van der Waals surface area (Å²) in [5.74, 6) is 0. The number of rotatable bonds is 4. The number of aryl methyl sites for hydroxylation is 2. The molecule has 3 rings (SSSR count). The fourth-order valence-corrected chi connectivity index (χ4v) is 6.83. The highest BCUT2D eigenvalue weighted by Crippen LogP contribution is 2.28. The lowest BCUT2D eigenvalue weighted by Gasteiger charge is -2.42. The molecule has 2 aromatic rings. The molecular weight excluding hydrogens is 396 g/mol. The molecule has 0 spiro atoms. The van der Waals surface area contributed by atoms with Crippen LogP contribution in [0.1, 0.15) is 25.0 Å². The van der Waals surface area contributed by atoms with Crippen molar-refractivity contribution in [2.45, 2.75) is 49.6 Å². The lowest BCUT2D eigenvalue weighted by Crippen LogP contribution is -2.59. The van der Waals surface area contributed by atoms with Crippen LogP contribution in [0.15, 0.2) is 58.3 Å². The van der Waals surface area contributed by atoms with Crippen molar-refractivity contribution in [3.63, 3.8) is 0 Å². The van der Waals surface area contributed by atoms with E-state index in [-0.39, 0.29) is 22.9 Å². The lowest BCUT2D eigenvalue weighted by atomic mass is 10.2. The van der Waals surface area contributed by atoms with E-state index in [1.807, 2.05) is 13.8 Å². The Kier molecular flexibility index (Phi) is 5.69. The third kappa shape index (κ3) is 3.87. The Balaban J connectivity index is 1.88. The van der Waals surface area contributed by atoms with Gasteiger partial charge in [-0.3, -0.25) is 0 Å². The fraction of sp³-hybridized carbons (Fsp3) is 0.400. The monoisotopic (exact) mass is 422 g/mol. The molecule has 0 aliphatic carbocycles. The second kappa shape index (κ2) is 7.59. The Hall–Kier alpha value is -1.74. The largest absolute Gasteiger partial charge is 0.243 e. The Labute approximate surface area is 167 Å². The first-order valence-corrected chi connectivity index (χ1v) is 12.1. The molecule has 1 heterocycles. The average Bonchev–Trinajstić information content (AvgIpc) is 2.63. The van der Waals surface area contributed by atoms with Gasteiger partial charge in [-0.05, 0) is 52.0 Å². The van der Waals surface area contributed by atoms with Gasteiger partial charge in [0, 0.05) is 25.2 Å². The molecule has 2 atom stereocenters. The number of piperazine rings is 1. The van der Waals surface area contributed by atoms with Gasteiger partial charge >= 0.3 is 0 Å². The highest BCUT2D eigenvalue weighted by Gasteiger charge is 2.41. The minimum Gasteiger partial charge on any atom is -0.207 e. The van der Waals surface area contributed by atoms with Gasteiger partial charge in [0.05, 0.1) is 9.79 Å². The van der Waals surface area contributed by atoms with Crippen LogP contribution in [0.4, 0.5) is 0 Å². The number of benzene rings is 2. The van der Waals surface area contributed by atoms with Crippen LogP contribution in [0, 0.1) is 13.8 Å². The zero-order valence-electron chi connectivity index (χ0n) is 16.5. The molecule has 0 radical (unpaired) electrons. The number of sulfonamides is 2. The summed E-state index contributed by atoms with van der Waals surface area (Å²) in [5, 5.41) is 0. The molecule has 0 bridgehead atoms. The van der Waals surface area contributed by atoms with Gasteiger partial charge in [-0.2, -0.15) is 8.61 Å². The molecule has 1 aliphatic rings. The predicted octanol–water partition coefficient (Wildman–Crippen LogP) is 2.78. The zero-order chi connectivity index (χ0) is 20.7. The molecular formula is C20H26N2O4S2. The van der Waals surface area contributed by atoms with Gasteiger partial charge in [0.2, 0.25) is 20.0 Å². The minimum atomic E-state index is -3.69. The van der Waals surface area contributed by atoms with Gasteiger partial charge in [-0.1, -0.05) is 35.4 Å². The van der Waals surface area contributed by atoms with Gasteiger partial charge in [0.25, 0.3) is 0 Å². The second-order valence-corrected chi connectivity index (χ2v) is 11.3. The van der Waals surface area contributed by atoms with E-state index < -0.39 is 32.1 Å². The van der Waals surface area contributed by atoms with Crippen LogP contribution in [0.2, 0.25) is 0 Å². The maximum Gasteiger partial charge on any atom is 0.243 e. The van der Waals surface area contributed by atoms with E-state index in [1.165, 1.54) is 8.61 Å². The predicted molar refractivity (Wildman–Crippen MR) is 109 cm³/mol. The molecule has 0 aromatic heterocycles. The summed E-state index contributed by atoms with van der Waals surface area (Å²) >= 11 is 0. The second-order valence-electron chi connectivity index (χ2n) is 7.47. The molecule has 1 saturated heterocycles. The van der Waals surface area contributed by atoms with E-state index in [0.717, 1.165) is 11.1 Å². The summed E-state index contributed by atoms with van der Waals surface area (Å²) in [6.07, 6.45) is 0. The number of hydrogen-bond acceptors (Lipinski definition) is 4. The molecule has 6 nitrogen and oxygen atoms in total. The molecule has 1 fully saturated rings.